The van der Waals surface area contributed by atoms with E-state index in [0.29, 0.717) is 0 Å². The van der Waals surface area contributed by atoms with Crippen LogP contribution in [0.5, 0.6) is 5.75 Å². The zero-order chi connectivity index (χ0) is 14.0. The van der Waals surface area contributed by atoms with Gasteiger partial charge in [0.25, 0.3) is 0 Å². The molecule has 0 saturated carbocycles. The SMILES string of the molecule is CC(O)(COc1ccc(C(F)(F)F)cc1)C(=O)O. The first kappa shape index (κ1) is 14.3. The van der Waals surface area contributed by atoms with Crippen LogP contribution in [0.3, 0.4) is 0 Å². The molecular formula is C11H11F3O4. The third-order valence-electron chi connectivity index (χ3n) is 2.16. The number of halogens is 3. The standard InChI is InChI=1S/C11H11F3O4/c1-10(17,9(15)16)6-18-8-4-2-7(3-5-8)11(12,13)14/h2-5,17H,6H2,1H3,(H,15,16). The molecule has 0 aliphatic carbocycles. The number of aliphatic carboxylic acids is 1. The van der Waals surface area contributed by atoms with Crippen LogP contribution < -0.4 is 4.74 Å². The largest absolute Gasteiger partial charge is 0.490 e. The van der Waals surface area contributed by atoms with Crippen molar-refractivity contribution >= 4 is 5.97 Å². The van der Waals surface area contributed by atoms with E-state index >= 15 is 0 Å². The molecule has 1 rings (SSSR count). The summed E-state index contributed by atoms with van der Waals surface area (Å²) in [6, 6.07) is 3.73. The van der Waals surface area contributed by atoms with Crippen molar-refractivity contribution in [3.8, 4) is 5.75 Å². The number of rotatable bonds is 4. The van der Waals surface area contributed by atoms with Gasteiger partial charge in [0.15, 0.2) is 5.60 Å². The minimum Gasteiger partial charge on any atom is -0.490 e. The highest BCUT2D eigenvalue weighted by Crippen LogP contribution is 2.30. The summed E-state index contributed by atoms with van der Waals surface area (Å²) in [6.45, 7) is 0.465. The molecular weight excluding hydrogens is 253 g/mol. The minimum absolute atomic E-state index is 0.0459. The lowest BCUT2D eigenvalue weighted by molar-refractivity contribution is -0.159. The molecule has 0 bridgehead atoms. The Morgan fingerprint density at radius 1 is 1.28 bits per heavy atom. The average Bonchev–Trinajstić information content (AvgIpc) is 2.25. The Hall–Kier alpha value is -1.76. The summed E-state index contributed by atoms with van der Waals surface area (Å²) in [4.78, 5) is 10.5. The molecule has 0 aliphatic rings. The second-order valence-electron chi connectivity index (χ2n) is 3.89. The van der Waals surface area contributed by atoms with Crippen LogP contribution in [-0.2, 0) is 11.0 Å². The summed E-state index contributed by atoms with van der Waals surface area (Å²) < 4.78 is 41.6. The monoisotopic (exact) mass is 264 g/mol. The Morgan fingerprint density at radius 2 is 1.78 bits per heavy atom. The molecule has 1 aromatic carbocycles. The van der Waals surface area contributed by atoms with E-state index in [-0.39, 0.29) is 5.75 Å². The van der Waals surface area contributed by atoms with E-state index in [4.69, 9.17) is 9.84 Å². The van der Waals surface area contributed by atoms with Gasteiger partial charge in [-0.15, -0.1) is 0 Å². The maximum absolute atomic E-state index is 12.2. The Morgan fingerprint density at radius 3 is 2.17 bits per heavy atom. The van der Waals surface area contributed by atoms with Crippen LogP contribution in [0.2, 0.25) is 0 Å². The van der Waals surface area contributed by atoms with Gasteiger partial charge in [0.2, 0.25) is 0 Å². The van der Waals surface area contributed by atoms with Crippen LogP contribution in [0.25, 0.3) is 0 Å². The number of aliphatic hydroxyl groups is 1. The predicted molar refractivity (Wildman–Crippen MR) is 55.2 cm³/mol. The molecule has 1 unspecified atom stereocenters. The molecule has 0 heterocycles. The van der Waals surface area contributed by atoms with Gasteiger partial charge in [0.05, 0.1) is 5.56 Å². The predicted octanol–water partition coefficient (Wildman–Crippen LogP) is 1.92. The summed E-state index contributed by atoms with van der Waals surface area (Å²) in [7, 11) is 0. The van der Waals surface area contributed by atoms with Crippen LogP contribution in [-0.4, -0.2) is 28.4 Å². The lowest BCUT2D eigenvalue weighted by atomic mass is 10.1. The van der Waals surface area contributed by atoms with Crippen molar-refractivity contribution in [2.24, 2.45) is 0 Å². The van der Waals surface area contributed by atoms with Gasteiger partial charge in [0.1, 0.15) is 12.4 Å². The maximum atomic E-state index is 12.2. The highest BCUT2D eigenvalue weighted by molar-refractivity contribution is 5.76. The molecule has 4 nitrogen and oxygen atoms in total. The number of carbonyl (C=O) groups is 1. The first-order valence-electron chi connectivity index (χ1n) is 4.89. The molecule has 0 radical (unpaired) electrons. The first-order valence-corrected chi connectivity index (χ1v) is 4.89. The summed E-state index contributed by atoms with van der Waals surface area (Å²) in [5.74, 6) is -1.43. The van der Waals surface area contributed by atoms with E-state index in [9.17, 15) is 23.1 Å². The van der Waals surface area contributed by atoms with Gasteiger partial charge in [-0.05, 0) is 31.2 Å². The fraction of sp³-hybridized carbons (Fsp3) is 0.364. The number of hydrogen-bond donors (Lipinski definition) is 2. The van der Waals surface area contributed by atoms with Crippen molar-refractivity contribution in [2.45, 2.75) is 18.7 Å². The minimum atomic E-state index is -4.44. The van der Waals surface area contributed by atoms with Crippen molar-refractivity contribution in [3.63, 3.8) is 0 Å². The van der Waals surface area contributed by atoms with Crippen molar-refractivity contribution in [1.82, 2.24) is 0 Å². The number of hydrogen-bond acceptors (Lipinski definition) is 3. The van der Waals surface area contributed by atoms with Gasteiger partial charge < -0.3 is 14.9 Å². The molecule has 100 valence electrons. The van der Waals surface area contributed by atoms with Gasteiger partial charge in [-0.2, -0.15) is 13.2 Å². The van der Waals surface area contributed by atoms with Crippen LogP contribution >= 0.6 is 0 Å². The number of carboxylic acids is 1. The van der Waals surface area contributed by atoms with Crippen molar-refractivity contribution in [3.05, 3.63) is 29.8 Å². The van der Waals surface area contributed by atoms with E-state index in [1.54, 1.807) is 0 Å². The van der Waals surface area contributed by atoms with Crippen LogP contribution in [0, 0.1) is 0 Å². The molecule has 0 saturated heterocycles. The number of carboxylic acid groups (broad SMARTS) is 1. The Bertz CT molecular complexity index is 423. The fourth-order valence-corrected chi connectivity index (χ4v) is 1.03. The van der Waals surface area contributed by atoms with Crippen molar-refractivity contribution in [1.29, 1.82) is 0 Å². The molecule has 0 spiro atoms. The van der Waals surface area contributed by atoms with Gasteiger partial charge in [-0.3, -0.25) is 0 Å². The van der Waals surface area contributed by atoms with Crippen LogP contribution in [0.15, 0.2) is 24.3 Å². The average molecular weight is 264 g/mol. The van der Waals surface area contributed by atoms with Crippen molar-refractivity contribution in [2.75, 3.05) is 6.61 Å². The van der Waals surface area contributed by atoms with Gasteiger partial charge in [-0.25, -0.2) is 4.79 Å². The molecule has 0 fully saturated rings. The molecule has 0 aromatic heterocycles. The van der Waals surface area contributed by atoms with Crippen molar-refractivity contribution < 1.29 is 32.9 Å². The zero-order valence-corrected chi connectivity index (χ0v) is 9.36. The summed E-state index contributed by atoms with van der Waals surface area (Å²) >= 11 is 0. The molecule has 0 amide bonds. The topological polar surface area (TPSA) is 66.8 Å². The first-order chi connectivity index (χ1) is 8.13. The second kappa shape index (κ2) is 4.85. The fourth-order valence-electron chi connectivity index (χ4n) is 1.03. The third kappa shape index (κ3) is 3.63. The second-order valence-corrected chi connectivity index (χ2v) is 3.89. The van der Waals surface area contributed by atoms with E-state index in [1.165, 1.54) is 0 Å². The van der Waals surface area contributed by atoms with E-state index in [0.717, 1.165) is 31.2 Å². The van der Waals surface area contributed by atoms with Crippen LogP contribution in [0.1, 0.15) is 12.5 Å². The normalized spacial score (nSPS) is 14.9. The third-order valence-corrected chi connectivity index (χ3v) is 2.16. The highest BCUT2D eigenvalue weighted by Gasteiger charge is 2.32. The summed E-state index contributed by atoms with van der Waals surface area (Å²) in [5.41, 5.74) is -2.93. The van der Waals surface area contributed by atoms with E-state index in [1.807, 2.05) is 0 Å². The quantitative estimate of drug-likeness (QED) is 0.871. The smallest absolute Gasteiger partial charge is 0.416 e. The number of benzene rings is 1. The maximum Gasteiger partial charge on any atom is 0.416 e. The molecule has 1 aromatic rings. The highest BCUT2D eigenvalue weighted by atomic mass is 19.4. The summed E-state index contributed by atoms with van der Waals surface area (Å²) in [5, 5.41) is 17.9. The number of alkyl halides is 3. The Balaban J connectivity index is 2.68. The molecule has 0 aliphatic heterocycles. The Kier molecular flexibility index (Phi) is 3.85. The van der Waals surface area contributed by atoms with Gasteiger partial charge in [-0.1, -0.05) is 0 Å². The molecule has 7 heteroatoms. The lowest BCUT2D eigenvalue weighted by Crippen LogP contribution is -2.41. The molecule has 1 atom stereocenters. The lowest BCUT2D eigenvalue weighted by Gasteiger charge is -2.18. The number of ether oxygens (including phenoxy) is 1. The van der Waals surface area contributed by atoms with E-state index in [2.05, 4.69) is 0 Å². The van der Waals surface area contributed by atoms with E-state index < -0.39 is 29.9 Å². The van der Waals surface area contributed by atoms with Gasteiger partial charge in [0, 0.05) is 0 Å². The summed E-state index contributed by atoms with van der Waals surface area (Å²) in [6.07, 6.45) is -4.44. The molecule has 18 heavy (non-hydrogen) atoms. The zero-order valence-electron chi connectivity index (χ0n) is 9.36. The van der Waals surface area contributed by atoms with Crippen LogP contribution in [0.4, 0.5) is 13.2 Å². The van der Waals surface area contributed by atoms with Gasteiger partial charge >= 0.3 is 12.1 Å². The molecule has 2 N–H and O–H groups in total. The Labute approximate surface area is 101 Å².